The highest BCUT2D eigenvalue weighted by molar-refractivity contribution is 5.25. The zero-order valence-corrected chi connectivity index (χ0v) is 5.60. The van der Waals surface area contributed by atoms with Crippen LogP contribution in [-0.4, -0.2) is 13.3 Å². The quantitative estimate of drug-likeness (QED) is 0.550. The first-order valence-corrected chi connectivity index (χ1v) is 3.00. The molecule has 0 N–H and O–H groups in total. The highest BCUT2D eigenvalue weighted by Gasteiger charge is 2.14. The maximum absolute atomic E-state index is 12.5. The van der Waals surface area contributed by atoms with Gasteiger partial charge in [-0.3, -0.25) is 0 Å². The molecule has 0 spiro atoms. The van der Waals surface area contributed by atoms with Crippen molar-refractivity contribution >= 4 is 0 Å². The number of ether oxygens (including phenoxy) is 1. The molecule has 0 aliphatic heterocycles. The first-order valence-electron chi connectivity index (χ1n) is 3.00. The number of alkyl halides is 1. The molecule has 0 amide bonds. The zero-order chi connectivity index (χ0) is 7.56. The monoisotopic (exact) mass is 146 g/mol. The average molecular weight is 146 g/mol. The van der Waals surface area contributed by atoms with Crippen LogP contribution < -0.4 is 0 Å². The van der Waals surface area contributed by atoms with Gasteiger partial charge in [0.2, 0.25) is 0 Å². The van der Waals surface area contributed by atoms with Gasteiger partial charge in [0.05, 0.1) is 7.11 Å². The third-order valence-electron chi connectivity index (χ3n) is 1.31. The number of hydrogen-bond acceptors (Lipinski definition) is 1. The summed E-state index contributed by atoms with van der Waals surface area (Å²) in [6.07, 6.45) is 1.33. The Kier molecular flexibility index (Phi) is 2.04. The van der Waals surface area contributed by atoms with Crippen molar-refractivity contribution in [2.24, 2.45) is 0 Å². The topological polar surface area (TPSA) is 9.23 Å². The van der Waals surface area contributed by atoms with Crippen LogP contribution in [0, 0.1) is 0 Å². The fraction of sp³-hybridized carbons (Fsp3) is 0.429. The van der Waals surface area contributed by atoms with E-state index in [0.29, 0.717) is 0 Å². The van der Waals surface area contributed by atoms with E-state index >= 15 is 0 Å². The van der Waals surface area contributed by atoms with Gasteiger partial charge in [0.25, 0.3) is 0 Å². The minimum atomic E-state index is -1.20. The summed E-state index contributed by atoms with van der Waals surface area (Å²) < 4.78 is 29.5. The van der Waals surface area contributed by atoms with Gasteiger partial charge in [-0.1, -0.05) is 0 Å². The molecule has 0 fully saturated rings. The lowest BCUT2D eigenvalue weighted by Crippen LogP contribution is -2.02. The molecule has 0 saturated carbocycles. The van der Waals surface area contributed by atoms with Gasteiger partial charge in [-0.2, -0.15) is 0 Å². The van der Waals surface area contributed by atoms with Crippen LogP contribution in [0.5, 0.6) is 0 Å². The van der Waals surface area contributed by atoms with Gasteiger partial charge in [-0.25, -0.2) is 8.78 Å². The molecule has 1 aliphatic rings. The van der Waals surface area contributed by atoms with Crippen LogP contribution in [0.1, 0.15) is 6.42 Å². The van der Waals surface area contributed by atoms with E-state index in [9.17, 15) is 8.78 Å². The summed E-state index contributed by atoms with van der Waals surface area (Å²) in [5.41, 5.74) is 0. The van der Waals surface area contributed by atoms with Gasteiger partial charge >= 0.3 is 0 Å². The standard InChI is InChI=1S/C7H8F2O/c1-10-7-3-2-5(8)4-6(7)9/h3-5H,2H2,1H3. The molecule has 1 atom stereocenters. The summed E-state index contributed by atoms with van der Waals surface area (Å²) in [4.78, 5) is 0. The van der Waals surface area contributed by atoms with Crippen molar-refractivity contribution in [1.29, 1.82) is 0 Å². The maximum atomic E-state index is 12.5. The highest BCUT2D eigenvalue weighted by atomic mass is 19.1. The molecular formula is C7H8F2O. The van der Waals surface area contributed by atoms with Crippen molar-refractivity contribution in [3.8, 4) is 0 Å². The zero-order valence-electron chi connectivity index (χ0n) is 5.60. The number of allylic oxidation sites excluding steroid dienone is 3. The lowest BCUT2D eigenvalue weighted by Gasteiger charge is -2.09. The SMILES string of the molecule is COC1=CCC(F)C=C1F. The molecule has 0 radical (unpaired) electrons. The predicted molar refractivity (Wildman–Crippen MR) is 33.8 cm³/mol. The van der Waals surface area contributed by atoms with E-state index < -0.39 is 12.0 Å². The van der Waals surface area contributed by atoms with E-state index in [1.54, 1.807) is 0 Å². The third kappa shape index (κ3) is 1.35. The van der Waals surface area contributed by atoms with Gasteiger partial charge in [-0.05, 0) is 12.2 Å². The number of rotatable bonds is 1. The first-order chi connectivity index (χ1) is 4.74. The Morgan fingerprint density at radius 1 is 1.70 bits per heavy atom. The van der Waals surface area contributed by atoms with Crippen LogP contribution in [0.15, 0.2) is 23.7 Å². The van der Waals surface area contributed by atoms with Crippen molar-refractivity contribution < 1.29 is 13.5 Å². The molecule has 0 aromatic heterocycles. The second-order valence-electron chi connectivity index (χ2n) is 2.04. The molecule has 3 heteroatoms. The lowest BCUT2D eigenvalue weighted by molar-refractivity contribution is 0.269. The molecule has 0 bridgehead atoms. The van der Waals surface area contributed by atoms with Gasteiger partial charge in [0, 0.05) is 6.42 Å². The van der Waals surface area contributed by atoms with Crippen molar-refractivity contribution in [1.82, 2.24) is 0 Å². The van der Waals surface area contributed by atoms with E-state index in [4.69, 9.17) is 0 Å². The summed E-state index contributed by atoms with van der Waals surface area (Å²) in [5, 5.41) is 0. The summed E-state index contributed by atoms with van der Waals surface area (Å²) >= 11 is 0. The minimum Gasteiger partial charge on any atom is -0.494 e. The van der Waals surface area contributed by atoms with E-state index in [2.05, 4.69) is 4.74 Å². The molecule has 0 saturated heterocycles. The molecule has 1 rings (SSSR count). The molecule has 1 nitrogen and oxygen atoms in total. The minimum absolute atomic E-state index is 0.133. The van der Waals surface area contributed by atoms with Crippen molar-refractivity contribution in [3.63, 3.8) is 0 Å². The summed E-state index contributed by atoms with van der Waals surface area (Å²) in [6.45, 7) is 0. The molecule has 0 aromatic rings. The fourth-order valence-electron chi connectivity index (χ4n) is 0.807. The Balaban J connectivity index is 2.71. The largest absolute Gasteiger partial charge is 0.494 e. The predicted octanol–water partition coefficient (Wildman–Crippen LogP) is 2.11. The van der Waals surface area contributed by atoms with Crippen molar-refractivity contribution in [2.45, 2.75) is 12.6 Å². The van der Waals surface area contributed by atoms with Gasteiger partial charge < -0.3 is 4.74 Å². The van der Waals surface area contributed by atoms with E-state index in [1.165, 1.54) is 13.2 Å². The molecule has 1 unspecified atom stereocenters. The summed E-state index contributed by atoms with van der Waals surface area (Å²) in [6, 6.07) is 0. The molecular weight excluding hydrogens is 138 g/mol. The average Bonchev–Trinajstić information content (AvgIpc) is 1.88. The van der Waals surface area contributed by atoms with Crippen LogP contribution >= 0.6 is 0 Å². The van der Waals surface area contributed by atoms with Crippen LogP contribution in [-0.2, 0) is 4.74 Å². The first kappa shape index (κ1) is 7.25. The molecule has 10 heavy (non-hydrogen) atoms. The highest BCUT2D eigenvalue weighted by Crippen LogP contribution is 2.21. The second kappa shape index (κ2) is 2.82. The Hall–Kier alpha value is -0.860. The van der Waals surface area contributed by atoms with Crippen molar-refractivity contribution in [3.05, 3.63) is 23.7 Å². The van der Waals surface area contributed by atoms with Crippen LogP contribution in [0.2, 0.25) is 0 Å². The molecule has 56 valence electrons. The number of halogens is 2. The Morgan fingerprint density at radius 3 is 2.90 bits per heavy atom. The molecule has 0 heterocycles. The normalized spacial score (nSPS) is 25.3. The Labute approximate surface area is 58.0 Å². The molecule has 1 aliphatic carbocycles. The lowest BCUT2D eigenvalue weighted by atomic mass is 10.1. The Bertz CT molecular complexity index is 184. The number of hydrogen-bond donors (Lipinski definition) is 0. The summed E-state index contributed by atoms with van der Waals surface area (Å²) in [5.74, 6) is -0.477. The Morgan fingerprint density at radius 2 is 2.40 bits per heavy atom. The van der Waals surface area contributed by atoms with Gasteiger partial charge in [0.15, 0.2) is 5.83 Å². The van der Waals surface area contributed by atoms with E-state index in [-0.39, 0.29) is 12.2 Å². The molecule has 0 aromatic carbocycles. The van der Waals surface area contributed by atoms with Crippen LogP contribution in [0.4, 0.5) is 8.78 Å². The van der Waals surface area contributed by atoms with Gasteiger partial charge in [-0.15, -0.1) is 0 Å². The van der Waals surface area contributed by atoms with E-state index in [1.807, 2.05) is 0 Å². The second-order valence-corrected chi connectivity index (χ2v) is 2.04. The van der Waals surface area contributed by atoms with Crippen LogP contribution in [0.25, 0.3) is 0 Å². The third-order valence-corrected chi connectivity index (χ3v) is 1.31. The van der Waals surface area contributed by atoms with Crippen molar-refractivity contribution in [2.75, 3.05) is 7.11 Å². The van der Waals surface area contributed by atoms with Crippen LogP contribution in [0.3, 0.4) is 0 Å². The van der Waals surface area contributed by atoms with E-state index in [0.717, 1.165) is 6.08 Å². The van der Waals surface area contributed by atoms with Gasteiger partial charge in [0.1, 0.15) is 11.9 Å². The smallest absolute Gasteiger partial charge is 0.163 e. The number of methoxy groups -OCH3 is 1. The summed E-state index contributed by atoms with van der Waals surface area (Å²) in [7, 11) is 1.36. The maximum Gasteiger partial charge on any atom is 0.163 e. The fourth-order valence-corrected chi connectivity index (χ4v) is 0.807.